The molecule has 0 aliphatic rings. The average Bonchev–Trinajstić information content (AvgIpc) is 2.78. The molecule has 0 spiro atoms. The van der Waals surface area contributed by atoms with Crippen molar-refractivity contribution in [3.63, 3.8) is 0 Å². The molecule has 3 rings (SSSR count). The van der Waals surface area contributed by atoms with Crippen LogP contribution in [0.5, 0.6) is 0 Å². The van der Waals surface area contributed by atoms with Crippen LogP contribution < -0.4 is 9.62 Å². The number of amides is 1. The van der Waals surface area contributed by atoms with Crippen LogP contribution in [0.15, 0.2) is 83.8 Å². The summed E-state index contributed by atoms with van der Waals surface area (Å²) < 4.78 is 46.1. The quantitative estimate of drug-likeness (QED) is 0.566. The Balaban J connectivity index is 1.88. The molecule has 3 aromatic carbocycles. The Bertz CT molecular complexity index is 1180. The van der Waals surface area contributed by atoms with Gasteiger partial charge >= 0.3 is 5.97 Å². The number of nitrogens with one attached hydrogen (secondary N) is 1. The fraction of sp³-hybridized carbons (Fsp3) is 0.0909. The van der Waals surface area contributed by atoms with E-state index in [4.69, 9.17) is 0 Å². The van der Waals surface area contributed by atoms with E-state index in [0.29, 0.717) is 11.3 Å². The van der Waals surface area contributed by atoms with Crippen LogP contribution in [-0.4, -0.2) is 33.9 Å². The van der Waals surface area contributed by atoms with Gasteiger partial charge in [-0.15, -0.1) is 0 Å². The van der Waals surface area contributed by atoms with Gasteiger partial charge in [0.15, 0.2) is 0 Å². The molecular weight excluding hydrogens is 423 g/mol. The van der Waals surface area contributed by atoms with E-state index in [0.717, 1.165) is 10.4 Å². The van der Waals surface area contributed by atoms with Gasteiger partial charge in [0.25, 0.3) is 10.0 Å². The van der Waals surface area contributed by atoms with Crippen LogP contribution in [0.3, 0.4) is 0 Å². The highest BCUT2D eigenvalue weighted by Crippen LogP contribution is 2.26. The van der Waals surface area contributed by atoms with Gasteiger partial charge < -0.3 is 10.1 Å². The number of nitrogens with zero attached hydrogens (tertiary/aromatic N) is 1. The summed E-state index contributed by atoms with van der Waals surface area (Å²) in [6, 6.07) is 18.6. The summed E-state index contributed by atoms with van der Waals surface area (Å²) in [5, 5.41) is 2.55. The summed E-state index contributed by atoms with van der Waals surface area (Å²) >= 11 is 0. The van der Waals surface area contributed by atoms with E-state index in [9.17, 15) is 22.4 Å². The zero-order valence-corrected chi connectivity index (χ0v) is 17.3. The Labute approximate surface area is 179 Å². The summed E-state index contributed by atoms with van der Waals surface area (Å²) in [7, 11) is -2.96. The zero-order chi connectivity index (χ0) is 22.4. The first kappa shape index (κ1) is 22.0. The van der Waals surface area contributed by atoms with Gasteiger partial charge in [-0.2, -0.15) is 0 Å². The molecule has 0 fully saturated rings. The van der Waals surface area contributed by atoms with E-state index in [1.807, 2.05) is 0 Å². The van der Waals surface area contributed by atoms with Gasteiger partial charge in [-0.1, -0.05) is 30.3 Å². The third-order valence-electron chi connectivity index (χ3n) is 4.33. The van der Waals surface area contributed by atoms with Gasteiger partial charge in [0.2, 0.25) is 5.91 Å². The van der Waals surface area contributed by atoms with Crippen LogP contribution in [0.2, 0.25) is 0 Å². The summed E-state index contributed by atoms with van der Waals surface area (Å²) in [6.07, 6.45) is 0. The normalized spacial score (nSPS) is 10.9. The number of hydrogen-bond donors (Lipinski definition) is 1. The maximum Gasteiger partial charge on any atom is 0.337 e. The molecule has 160 valence electrons. The Hall–Kier alpha value is -3.72. The average molecular weight is 442 g/mol. The molecule has 0 atom stereocenters. The fourth-order valence-corrected chi connectivity index (χ4v) is 4.26. The van der Waals surface area contributed by atoms with E-state index in [1.54, 1.807) is 6.07 Å². The lowest BCUT2D eigenvalue weighted by Gasteiger charge is -2.24. The Kier molecular flexibility index (Phi) is 6.66. The topological polar surface area (TPSA) is 92.8 Å². The first-order chi connectivity index (χ1) is 14.8. The number of carbonyl (C=O) groups excluding carboxylic acids is 2. The Morgan fingerprint density at radius 3 is 2.16 bits per heavy atom. The first-order valence-corrected chi connectivity index (χ1v) is 10.6. The van der Waals surface area contributed by atoms with Crippen molar-refractivity contribution < 1.29 is 27.1 Å². The molecule has 0 aliphatic carbocycles. The first-order valence-electron chi connectivity index (χ1n) is 9.13. The molecule has 31 heavy (non-hydrogen) atoms. The summed E-state index contributed by atoms with van der Waals surface area (Å²) in [5.41, 5.74) is 0.380. The predicted octanol–water partition coefficient (Wildman–Crippen LogP) is 3.45. The molecule has 0 bridgehead atoms. The van der Waals surface area contributed by atoms with Crippen molar-refractivity contribution >= 4 is 33.3 Å². The second-order valence-corrected chi connectivity index (χ2v) is 8.26. The fourth-order valence-electron chi connectivity index (χ4n) is 2.81. The van der Waals surface area contributed by atoms with Crippen molar-refractivity contribution in [1.82, 2.24) is 0 Å². The molecule has 0 aliphatic heterocycles. The van der Waals surface area contributed by atoms with Gasteiger partial charge in [0, 0.05) is 5.69 Å². The Morgan fingerprint density at radius 2 is 1.55 bits per heavy atom. The largest absolute Gasteiger partial charge is 0.465 e. The van der Waals surface area contributed by atoms with E-state index >= 15 is 0 Å². The molecule has 1 N–H and O–H groups in total. The number of methoxy groups -OCH3 is 1. The standard InChI is InChI=1S/C22H19FN2O5S/c1-30-22(27)16-11-13-17(14-12-16)24-21(26)15-25(20-10-6-5-9-19(20)23)31(28,29)18-7-3-2-4-8-18/h2-14H,15H2,1H3,(H,24,26). The van der Waals surface area contributed by atoms with Gasteiger partial charge in [0.1, 0.15) is 12.4 Å². The molecule has 9 heteroatoms. The van der Waals surface area contributed by atoms with Gasteiger partial charge in [-0.25, -0.2) is 17.6 Å². The van der Waals surface area contributed by atoms with Crippen LogP contribution in [0.1, 0.15) is 10.4 Å². The van der Waals surface area contributed by atoms with E-state index in [-0.39, 0.29) is 10.6 Å². The number of sulfonamides is 1. The van der Waals surface area contributed by atoms with Crippen molar-refractivity contribution in [3.8, 4) is 0 Å². The van der Waals surface area contributed by atoms with Crippen molar-refractivity contribution in [2.75, 3.05) is 23.3 Å². The van der Waals surface area contributed by atoms with Gasteiger partial charge in [-0.05, 0) is 48.5 Å². The molecule has 0 unspecified atom stereocenters. The molecular formula is C22H19FN2O5S. The summed E-state index contributed by atoms with van der Waals surface area (Å²) in [4.78, 5) is 24.1. The van der Waals surface area contributed by atoms with Crippen molar-refractivity contribution in [2.45, 2.75) is 4.90 Å². The number of anilines is 2. The number of esters is 1. The highest BCUT2D eigenvalue weighted by molar-refractivity contribution is 7.92. The molecule has 0 aromatic heterocycles. The number of para-hydroxylation sites is 1. The highest BCUT2D eigenvalue weighted by Gasteiger charge is 2.29. The van der Waals surface area contributed by atoms with Crippen LogP contribution in [0, 0.1) is 5.82 Å². The summed E-state index contributed by atoms with van der Waals surface area (Å²) in [5.74, 6) is -2.00. The number of ether oxygens (including phenoxy) is 1. The number of halogens is 1. The molecule has 0 radical (unpaired) electrons. The molecule has 0 heterocycles. The van der Waals surface area contributed by atoms with Crippen LogP contribution in [-0.2, 0) is 19.6 Å². The minimum absolute atomic E-state index is 0.0755. The molecule has 0 saturated heterocycles. The Morgan fingerprint density at radius 1 is 0.935 bits per heavy atom. The third-order valence-corrected chi connectivity index (χ3v) is 6.10. The van der Waals surface area contributed by atoms with Crippen molar-refractivity contribution in [1.29, 1.82) is 0 Å². The minimum Gasteiger partial charge on any atom is -0.465 e. The van der Waals surface area contributed by atoms with E-state index in [2.05, 4.69) is 10.1 Å². The lowest BCUT2D eigenvalue weighted by atomic mass is 10.2. The number of carbonyl (C=O) groups is 2. The second kappa shape index (κ2) is 9.40. The van der Waals surface area contributed by atoms with Crippen LogP contribution >= 0.6 is 0 Å². The number of rotatable bonds is 7. The zero-order valence-electron chi connectivity index (χ0n) is 16.5. The summed E-state index contributed by atoms with van der Waals surface area (Å²) in [6.45, 7) is -0.656. The minimum atomic E-state index is -4.21. The maximum absolute atomic E-state index is 14.4. The van der Waals surface area contributed by atoms with Crippen LogP contribution in [0.25, 0.3) is 0 Å². The molecule has 3 aromatic rings. The molecule has 1 amide bonds. The lowest BCUT2D eigenvalue weighted by Crippen LogP contribution is -2.38. The number of benzene rings is 3. The van der Waals surface area contributed by atoms with Crippen LogP contribution in [0.4, 0.5) is 15.8 Å². The number of hydrogen-bond acceptors (Lipinski definition) is 5. The van der Waals surface area contributed by atoms with Gasteiger partial charge in [-0.3, -0.25) is 9.10 Å². The van der Waals surface area contributed by atoms with E-state index in [1.165, 1.54) is 73.8 Å². The van der Waals surface area contributed by atoms with Gasteiger partial charge in [0.05, 0.1) is 23.3 Å². The smallest absolute Gasteiger partial charge is 0.337 e. The maximum atomic E-state index is 14.4. The monoisotopic (exact) mass is 442 g/mol. The SMILES string of the molecule is COC(=O)c1ccc(NC(=O)CN(c2ccccc2F)S(=O)(=O)c2ccccc2)cc1. The predicted molar refractivity (Wildman–Crippen MR) is 114 cm³/mol. The molecule has 7 nitrogen and oxygen atoms in total. The third kappa shape index (κ3) is 5.07. The van der Waals surface area contributed by atoms with Crippen molar-refractivity contribution in [3.05, 3.63) is 90.2 Å². The lowest BCUT2D eigenvalue weighted by molar-refractivity contribution is -0.114. The van der Waals surface area contributed by atoms with Crippen molar-refractivity contribution in [2.24, 2.45) is 0 Å². The second-order valence-electron chi connectivity index (χ2n) is 6.39. The molecule has 0 saturated carbocycles. The highest BCUT2D eigenvalue weighted by atomic mass is 32.2. The van der Waals surface area contributed by atoms with E-state index < -0.39 is 34.3 Å².